The van der Waals surface area contributed by atoms with Gasteiger partial charge in [0.05, 0.1) is 0 Å². The van der Waals surface area contributed by atoms with Crippen LogP contribution in [0.15, 0.2) is 24.5 Å². The van der Waals surface area contributed by atoms with Crippen LogP contribution in [0.4, 0.5) is 0 Å². The number of hydrogen-bond donors (Lipinski definition) is 0. The second-order valence-corrected chi connectivity index (χ2v) is 5.95. The molecule has 3 heterocycles. The molecule has 0 spiro atoms. The Bertz CT molecular complexity index is 590. The fourth-order valence-corrected chi connectivity index (χ4v) is 2.95. The molecule has 1 aliphatic heterocycles. The van der Waals surface area contributed by atoms with Crippen molar-refractivity contribution < 1.29 is 0 Å². The number of likely N-dealkylation sites (N-methyl/N-ethyl adjacent to an activating group) is 1. The first-order valence-electron chi connectivity index (χ1n) is 7.78. The van der Waals surface area contributed by atoms with E-state index in [-0.39, 0.29) is 0 Å². The van der Waals surface area contributed by atoms with Crippen molar-refractivity contribution in [2.24, 2.45) is 0 Å². The third-order valence-electron chi connectivity index (χ3n) is 4.17. The first kappa shape index (κ1) is 14.2. The highest BCUT2D eigenvalue weighted by molar-refractivity contribution is 5.53. The summed E-state index contributed by atoms with van der Waals surface area (Å²) < 4.78 is 2.10. The van der Waals surface area contributed by atoms with Crippen molar-refractivity contribution >= 4 is 0 Å². The molecule has 1 aliphatic rings. The van der Waals surface area contributed by atoms with E-state index in [1.165, 1.54) is 6.42 Å². The molecule has 0 saturated carbocycles. The van der Waals surface area contributed by atoms with E-state index in [9.17, 15) is 0 Å². The van der Waals surface area contributed by atoms with Gasteiger partial charge < -0.3 is 4.90 Å². The van der Waals surface area contributed by atoms with Crippen LogP contribution < -0.4 is 0 Å². The number of pyridine rings is 1. The van der Waals surface area contributed by atoms with Crippen LogP contribution in [0.5, 0.6) is 0 Å². The summed E-state index contributed by atoms with van der Waals surface area (Å²) in [6, 6.07) is 4.27. The molecular formula is C16H23N5. The van der Waals surface area contributed by atoms with Crippen molar-refractivity contribution in [1.29, 1.82) is 0 Å². The standard InChI is InChI=1S/C16H23N5/c1-4-20-10-7-14(11-20)16-18-15(19-21(16)12(2)3)13-5-8-17-9-6-13/h5-6,8-9,12,14H,4,7,10-11H2,1-3H3/t14-/m0/s1. The van der Waals surface area contributed by atoms with Crippen molar-refractivity contribution in [2.45, 2.75) is 39.2 Å². The number of likely N-dealkylation sites (tertiary alicyclic amines) is 1. The maximum absolute atomic E-state index is 4.85. The Labute approximate surface area is 126 Å². The van der Waals surface area contributed by atoms with Crippen LogP contribution in [-0.4, -0.2) is 44.3 Å². The highest BCUT2D eigenvalue weighted by atomic mass is 15.4. The predicted molar refractivity (Wildman–Crippen MR) is 83.1 cm³/mol. The van der Waals surface area contributed by atoms with Gasteiger partial charge in [-0.2, -0.15) is 5.10 Å². The molecule has 5 nitrogen and oxygen atoms in total. The van der Waals surface area contributed by atoms with Crippen molar-refractivity contribution in [1.82, 2.24) is 24.6 Å². The molecule has 0 unspecified atom stereocenters. The number of nitrogens with zero attached hydrogens (tertiary/aromatic N) is 5. The molecule has 1 fully saturated rings. The minimum Gasteiger partial charge on any atom is -0.303 e. The Kier molecular flexibility index (Phi) is 4.01. The average Bonchev–Trinajstić information content (AvgIpc) is 3.14. The molecular weight excluding hydrogens is 262 g/mol. The summed E-state index contributed by atoms with van der Waals surface area (Å²) in [5.41, 5.74) is 1.04. The summed E-state index contributed by atoms with van der Waals surface area (Å²) in [5.74, 6) is 2.44. The van der Waals surface area contributed by atoms with Crippen molar-refractivity contribution in [3.8, 4) is 11.4 Å². The zero-order chi connectivity index (χ0) is 14.8. The predicted octanol–water partition coefficient (Wildman–Crippen LogP) is 2.73. The number of aromatic nitrogens is 4. The Morgan fingerprint density at radius 1 is 1.29 bits per heavy atom. The second kappa shape index (κ2) is 5.93. The van der Waals surface area contributed by atoms with E-state index in [0.717, 1.165) is 36.8 Å². The monoisotopic (exact) mass is 285 g/mol. The van der Waals surface area contributed by atoms with Gasteiger partial charge in [0.1, 0.15) is 5.82 Å². The average molecular weight is 285 g/mol. The Morgan fingerprint density at radius 2 is 2.05 bits per heavy atom. The van der Waals surface area contributed by atoms with Crippen LogP contribution in [0, 0.1) is 0 Å². The van der Waals surface area contributed by atoms with Gasteiger partial charge in [-0.25, -0.2) is 9.67 Å². The maximum Gasteiger partial charge on any atom is 0.181 e. The SMILES string of the molecule is CCN1CC[C@H](c2nc(-c3ccncc3)nn2C(C)C)C1. The van der Waals surface area contributed by atoms with Crippen LogP contribution in [0.25, 0.3) is 11.4 Å². The minimum atomic E-state index is 0.332. The normalized spacial score (nSPS) is 19.5. The van der Waals surface area contributed by atoms with Crippen LogP contribution >= 0.6 is 0 Å². The van der Waals surface area contributed by atoms with Gasteiger partial charge in [-0.1, -0.05) is 6.92 Å². The summed E-state index contributed by atoms with van der Waals surface area (Å²) in [6.45, 7) is 9.93. The van der Waals surface area contributed by atoms with Gasteiger partial charge in [-0.15, -0.1) is 0 Å². The molecule has 0 aliphatic carbocycles. The molecule has 0 N–H and O–H groups in total. The summed E-state index contributed by atoms with van der Waals surface area (Å²) >= 11 is 0. The number of rotatable bonds is 4. The Morgan fingerprint density at radius 3 is 2.67 bits per heavy atom. The van der Waals surface area contributed by atoms with Gasteiger partial charge in [0, 0.05) is 36.5 Å². The molecule has 21 heavy (non-hydrogen) atoms. The fraction of sp³-hybridized carbons (Fsp3) is 0.562. The summed E-state index contributed by atoms with van der Waals surface area (Å²) in [4.78, 5) is 11.4. The summed E-state index contributed by atoms with van der Waals surface area (Å²) in [6.07, 6.45) is 4.76. The minimum absolute atomic E-state index is 0.332. The molecule has 0 amide bonds. The molecule has 2 aromatic rings. The van der Waals surface area contributed by atoms with E-state index < -0.39 is 0 Å². The summed E-state index contributed by atoms with van der Waals surface area (Å²) in [5, 5.41) is 4.73. The fourth-order valence-electron chi connectivity index (χ4n) is 2.95. The Hall–Kier alpha value is -1.75. The van der Waals surface area contributed by atoms with Crippen molar-refractivity contribution in [3.05, 3.63) is 30.4 Å². The van der Waals surface area contributed by atoms with Gasteiger partial charge >= 0.3 is 0 Å². The molecule has 112 valence electrons. The molecule has 0 radical (unpaired) electrons. The highest BCUT2D eigenvalue weighted by Crippen LogP contribution is 2.29. The smallest absolute Gasteiger partial charge is 0.181 e. The van der Waals surface area contributed by atoms with E-state index >= 15 is 0 Å². The van der Waals surface area contributed by atoms with Gasteiger partial charge in [0.15, 0.2) is 5.82 Å². The van der Waals surface area contributed by atoms with Gasteiger partial charge in [0.25, 0.3) is 0 Å². The van der Waals surface area contributed by atoms with E-state index in [1.54, 1.807) is 12.4 Å². The van der Waals surface area contributed by atoms with Crippen LogP contribution in [0.1, 0.15) is 45.0 Å². The van der Waals surface area contributed by atoms with Crippen LogP contribution in [-0.2, 0) is 0 Å². The first-order chi connectivity index (χ1) is 10.2. The van der Waals surface area contributed by atoms with E-state index in [1.807, 2.05) is 12.1 Å². The molecule has 3 rings (SSSR count). The molecule has 0 aromatic carbocycles. The third-order valence-corrected chi connectivity index (χ3v) is 4.17. The van der Waals surface area contributed by atoms with Gasteiger partial charge in [-0.3, -0.25) is 4.98 Å². The lowest BCUT2D eigenvalue weighted by Gasteiger charge is -2.15. The van der Waals surface area contributed by atoms with E-state index in [4.69, 9.17) is 10.1 Å². The lowest BCUT2D eigenvalue weighted by Crippen LogP contribution is -2.20. The summed E-state index contributed by atoms with van der Waals surface area (Å²) in [7, 11) is 0. The third kappa shape index (κ3) is 2.83. The van der Waals surface area contributed by atoms with Gasteiger partial charge in [0.2, 0.25) is 0 Å². The molecule has 5 heteroatoms. The molecule has 0 bridgehead atoms. The van der Waals surface area contributed by atoms with Crippen LogP contribution in [0.3, 0.4) is 0 Å². The highest BCUT2D eigenvalue weighted by Gasteiger charge is 2.28. The second-order valence-electron chi connectivity index (χ2n) is 5.95. The van der Waals surface area contributed by atoms with E-state index in [2.05, 4.69) is 35.3 Å². The molecule has 1 atom stereocenters. The van der Waals surface area contributed by atoms with Gasteiger partial charge in [-0.05, 0) is 45.5 Å². The van der Waals surface area contributed by atoms with Crippen molar-refractivity contribution in [3.63, 3.8) is 0 Å². The first-order valence-corrected chi connectivity index (χ1v) is 7.78. The Balaban J connectivity index is 1.94. The van der Waals surface area contributed by atoms with Crippen molar-refractivity contribution in [2.75, 3.05) is 19.6 Å². The quantitative estimate of drug-likeness (QED) is 0.866. The zero-order valence-corrected chi connectivity index (χ0v) is 13.0. The van der Waals surface area contributed by atoms with E-state index in [0.29, 0.717) is 12.0 Å². The largest absolute Gasteiger partial charge is 0.303 e. The topological polar surface area (TPSA) is 46.8 Å². The lowest BCUT2D eigenvalue weighted by atomic mass is 10.1. The molecule has 2 aromatic heterocycles. The maximum atomic E-state index is 4.85. The lowest BCUT2D eigenvalue weighted by molar-refractivity contribution is 0.349. The van der Waals surface area contributed by atoms with Crippen LogP contribution in [0.2, 0.25) is 0 Å². The zero-order valence-electron chi connectivity index (χ0n) is 13.0. The number of hydrogen-bond acceptors (Lipinski definition) is 4. The molecule has 1 saturated heterocycles.